The quantitative estimate of drug-likeness (QED) is 0.757. The number of benzene rings is 2. The first kappa shape index (κ1) is 19.2. The summed E-state index contributed by atoms with van der Waals surface area (Å²) in [6.07, 6.45) is 1.63. The van der Waals surface area contributed by atoms with Crippen molar-refractivity contribution < 1.29 is 26.3 Å². The maximum Gasteiger partial charge on any atom is 0.243 e. The zero-order valence-corrected chi connectivity index (χ0v) is 16.6. The SMILES string of the molecule is O=S(=O)(NCc1ccc2c(c1)OCO2)c1cccc(S(=O)(=O)N2CCCC2)c1. The molecule has 2 heterocycles. The number of nitrogens with one attached hydrogen (secondary N) is 1. The van der Waals surface area contributed by atoms with Gasteiger partial charge in [-0.3, -0.25) is 0 Å². The van der Waals surface area contributed by atoms with Crippen LogP contribution in [0.4, 0.5) is 0 Å². The number of hydrogen-bond acceptors (Lipinski definition) is 6. The maximum atomic E-state index is 12.7. The van der Waals surface area contributed by atoms with Crippen molar-refractivity contribution in [1.29, 1.82) is 0 Å². The molecule has 0 radical (unpaired) electrons. The van der Waals surface area contributed by atoms with Gasteiger partial charge in [0.2, 0.25) is 26.8 Å². The Morgan fingerprint density at radius 2 is 1.61 bits per heavy atom. The predicted molar refractivity (Wildman–Crippen MR) is 101 cm³/mol. The molecule has 0 aliphatic carbocycles. The number of sulfonamides is 2. The molecule has 0 spiro atoms. The molecule has 0 atom stereocenters. The van der Waals surface area contributed by atoms with Crippen LogP contribution in [0.2, 0.25) is 0 Å². The number of hydrogen-bond donors (Lipinski definition) is 1. The van der Waals surface area contributed by atoms with Gasteiger partial charge in [0.15, 0.2) is 11.5 Å². The van der Waals surface area contributed by atoms with Crippen molar-refractivity contribution >= 4 is 20.0 Å². The van der Waals surface area contributed by atoms with Crippen molar-refractivity contribution in [2.45, 2.75) is 29.2 Å². The third-order valence-corrected chi connectivity index (χ3v) is 8.02. The second-order valence-electron chi connectivity index (χ2n) is 6.60. The van der Waals surface area contributed by atoms with Crippen LogP contribution >= 0.6 is 0 Å². The molecule has 10 heteroatoms. The maximum absolute atomic E-state index is 12.7. The van der Waals surface area contributed by atoms with Crippen LogP contribution < -0.4 is 14.2 Å². The van der Waals surface area contributed by atoms with Gasteiger partial charge in [0.1, 0.15) is 0 Å². The van der Waals surface area contributed by atoms with E-state index < -0.39 is 20.0 Å². The van der Waals surface area contributed by atoms with E-state index in [4.69, 9.17) is 9.47 Å². The Balaban J connectivity index is 1.53. The normalized spacial score (nSPS) is 17.1. The summed E-state index contributed by atoms with van der Waals surface area (Å²) in [4.78, 5) is -0.103. The van der Waals surface area contributed by atoms with Gasteiger partial charge in [-0.2, -0.15) is 4.31 Å². The molecule has 0 bridgehead atoms. The third-order valence-electron chi connectivity index (χ3n) is 4.72. The Morgan fingerprint density at radius 1 is 0.893 bits per heavy atom. The van der Waals surface area contributed by atoms with Gasteiger partial charge in [0.05, 0.1) is 9.79 Å². The number of rotatable bonds is 6. The molecule has 2 aromatic carbocycles. The Kier molecular flexibility index (Phi) is 5.04. The fourth-order valence-corrected chi connectivity index (χ4v) is 5.89. The molecule has 150 valence electrons. The second-order valence-corrected chi connectivity index (χ2v) is 10.3. The van der Waals surface area contributed by atoms with Crippen LogP contribution in [0.15, 0.2) is 52.3 Å². The summed E-state index contributed by atoms with van der Waals surface area (Å²) in [6, 6.07) is 10.6. The molecule has 2 aliphatic heterocycles. The Bertz CT molecular complexity index is 1090. The first-order valence-corrected chi connectivity index (χ1v) is 11.8. The molecular formula is C18H20N2O6S2. The fourth-order valence-electron chi connectivity index (χ4n) is 3.19. The number of ether oxygens (including phenoxy) is 2. The standard InChI is InChI=1S/C18H20N2O6S2/c21-27(22,19-12-14-6-7-17-18(10-14)26-13-25-17)15-4-3-5-16(11-15)28(23,24)20-8-1-2-9-20/h3-7,10-11,19H,1-2,8-9,12-13H2. The largest absolute Gasteiger partial charge is 0.454 e. The molecular weight excluding hydrogens is 404 g/mol. The van der Waals surface area contributed by atoms with Gasteiger partial charge >= 0.3 is 0 Å². The Labute approximate surface area is 164 Å². The third kappa shape index (κ3) is 3.72. The van der Waals surface area contributed by atoms with Crippen LogP contribution in [0.5, 0.6) is 11.5 Å². The van der Waals surface area contributed by atoms with Gasteiger partial charge in [-0.05, 0) is 48.7 Å². The lowest BCUT2D eigenvalue weighted by molar-refractivity contribution is 0.174. The minimum Gasteiger partial charge on any atom is -0.454 e. The van der Waals surface area contributed by atoms with Gasteiger partial charge in [-0.15, -0.1) is 0 Å². The molecule has 2 aromatic rings. The van der Waals surface area contributed by atoms with E-state index in [1.165, 1.54) is 28.6 Å². The zero-order valence-electron chi connectivity index (χ0n) is 15.0. The molecule has 1 fully saturated rings. The van der Waals surface area contributed by atoms with Gasteiger partial charge in [0, 0.05) is 19.6 Å². The Hall–Kier alpha value is -2.14. The first-order chi connectivity index (χ1) is 13.4. The van der Waals surface area contributed by atoms with E-state index in [-0.39, 0.29) is 23.1 Å². The number of fused-ring (bicyclic) bond motifs is 1. The number of nitrogens with zero attached hydrogens (tertiary/aromatic N) is 1. The summed E-state index contributed by atoms with van der Waals surface area (Å²) in [5.74, 6) is 1.18. The van der Waals surface area contributed by atoms with Gasteiger partial charge in [0.25, 0.3) is 0 Å². The van der Waals surface area contributed by atoms with Crippen molar-refractivity contribution in [3.8, 4) is 11.5 Å². The lowest BCUT2D eigenvalue weighted by atomic mass is 10.2. The van der Waals surface area contributed by atoms with E-state index in [0.29, 0.717) is 30.2 Å². The molecule has 0 aromatic heterocycles. The highest BCUT2D eigenvalue weighted by Crippen LogP contribution is 2.32. The van der Waals surface area contributed by atoms with Crippen molar-refractivity contribution in [2.75, 3.05) is 19.9 Å². The summed E-state index contributed by atoms with van der Waals surface area (Å²) in [5.41, 5.74) is 0.702. The minimum atomic E-state index is -3.88. The Morgan fingerprint density at radius 3 is 2.39 bits per heavy atom. The fraction of sp³-hybridized carbons (Fsp3) is 0.333. The van der Waals surface area contributed by atoms with E-state index in [1.54, 1.807) is 18.2 Å². The smallest absolute Gasteiger partial charge is 0.243 e. The molecule has 28 heavy (non-hydrogen) atoms. The summed E-state index contributed by atoms with van der Waals surface area (Å²) < 4.78 is 65.1. The van der Waals surface area contributed by atoms with E-state index in [2.05, 4.69) is 4.72 Å². The van der Waals surface area contributed by atoms with E-state index in [1.807, 2.05) is 0 Å². The zero-order chi connectivity index (χ0) is 19.8. The van der Waals surface area contributed by atoms with Crippen LogP contribution in [0.1, 0.15) is 18.4 Å². The summed E-state index contributed by atoms with van der Waals surface area (Å²) in [5, 5.41) is 0. The molecule has 0 saturated carbocycles. The van der Waals surface area contributed by atoms with Crippen LogP contribution in [-0.4, -0.2) is 41.0 Å². The van der Waals surface area contributed by atoms with Gasteiger partial charge in [-0.25, -0.2) is 21.6 Å². The topological polar surface area (TPSA) is 102 Å². The highest BCUT2D eigenvalue weighted by atomic mass is 32.2. The molecule has 0 amide bonds. The van der Waals surface area contributed by atoms with Crippen molar-refractivity contribution in [3.63, 3.8) is 0 Å². The summed E-state index contributed by atoms with van der Waals surface area (Å²) in [6.45, 7) is 1.11. The monoisotopic (exact) mass is 424 g/mol. The second kappa shape index (κ2) is 7.36. The molecule has 0 unspecified atom stereocenters. The molecule has 4 rings (SSSR count). The van der Waals surface area contributed by atoms with Crippen LogP contribution in [0.25, 0.3) is 0 Å². The van der Waals surface area contributed by atoms with Crippen LogP contribution in [0, 0.1) is 0 Å². The van der Waals surface area contributed by atoms with Crippen molar-refractivity contribution in [3.05, 3.63) is 48.0 Å². The molecule has 8 nitrogen and oxygen atoms in total. The molecule has 2 aliphatic rings. The minimum absolute atomic E-state index is 0.0136. The lowest BCUT2D eigenvalue weighted by Crippen LogP contribution is -2.28. The van der Waals surface area contributed by atoms with Crippen molar-refractivity contribution in [2.24, 2.45) is 0 Å². The lowest BCUT2D eigenvalue weighted by Gasteiger charge is -2.16. The van der Waals surface area contributed by atoms with E-state index in [0.717, 1.165) is 12.8 Å². The highest BCUT2D eigenvalue weighted by molar-refractivity contribution is 7.90. The molecule has 1 N–H and O–H groups in total. The van der Waals surface area contributed by atoms with Crippen LogP contribution in [-0.2, 0) is 26.6 Å². The summed E-state index contributed by atoms with van der Waals surface area (Å²) in [7, 11) is -7.57. The van der Waals surface area contributed by atoms with E-state index >= 15 is 0 Å². The van der Waals surface area contributed by atoms with Gasteiger partial charge in [-0.1, -0.05) is 12.1 Å². The summed E-state index contributed by atoms with van der Waals surface area (Å²) >= 11 is 0. The first-order valence-electron chi connectivity index (χ1n) is 8.85. The van der Waals surface area contributed by atoms with Gasteiger partial charge < -0.3 is 9.47 Å². The van der Waals surface area contributed by atoms with E-state index in [9.17, 15) is 16.8 Å². The van der Waals surface area contributed by atoms with Crippen molar-refractivity contribution in [1.82, 2.24) is 9.03 Å². The molecule has 1 saturated heterocycles. The average Bonchev–Trinajstić information content (AvgIpc) is 3.38. The van der Waals surface area contributed by atoms with Crippen LogP contribution in [0.3, 0.4) is 0 Å². The average molecular weight is 425 g/mol. The predicted octanol–water partition coefficient (Wildman–Crippen LogP) is 1.68. The highest BCUT2D eigenvalue weighted by Gasteiger charge is 2.28.